The fraction of sp³-hybridized carbons (Fsp3) is 0.250. The standard InChI is InChI=1S/C80H77BN4/c1-48-38-65-74-73(39-48)85-71-36-31-51(78(8,9)10)41-60(71)63-42-52(79(11,12)13)43-67(75(63)85)81(74)66-46-62-59-40-50(77(5,6)7)30-35-69(59)84(72(62)47-64(66)80(65,14)15)56-25-21-24-55(44-56)82(54-32-28-49(29-33-54)76(2,3)4)57-34-37-70-61(45-57)58-26-19-20-27-68(58)83(70)53-22-17-16-18-23-53/h16-47H,1-15H3/i1D3. The Morgan fingerprint density at radius 1 is 0.376 bits per heavy atom. The predicted molar refractivity (Wildman–Crippen MR) is 367 cm³/mol. The largest absolute Gasteiger partial charge is 0.310 e. The molecular formula is C80H77BN4. The second kappa shape index (κ2) is 18.0. The Hall–Kier alpha value is -8.54. The van der Waals surface area contributed by atoms with E-state index in [1.165, 1.54) is 87.6 Å². The first-order valence-electron chi connectivity index (χ1n) is 32.1. The maximum atomic E-state index is 9.08. The lowest BCUT2D eigenvalue weighted by molar-refractivity contribution is 0.590. The third-order valence-electron chi connectivity index (χ3n) is 19.3. The van der Waals surface area contributed by atoms with E-state index in [1.807, 2.05) is 12.1 Å². The summed E-state index contributed by atoms with van der Waals surface area (Å²) in [5.41, 5.74) is 23.8. The number of para-hydroxylation sites is 2. The number of benzene rings is 10. The summed E-state index contributed by atoms with van der Waals surface area (Å²) in [4.78, 5) is 2.43. The molecule has 0 saturated heterocycles. The Morgan fingerprint density at radius 2 is 0.906 bits per heavy atom. The van der Waals surface area contributed by atoms with Gasteiger partial charge in [-0.1, -0.05) is 187 Å². The quantitative estimate of drug-likeness (QED) is 0.157. The molecule has 0 fully saturated rings. The van der Waals surface area contributed by atoms with Gasteiger partial charge >= 0.3 is 0 Å². The van der Waals surface area contributed by atoms with Crippen LogP contribution in [0.3, 0.4) is 0 Å². The number of hydrogen-bond acceptors (Lipinski definition) is 1. The number of nitrogens with zero attached hydrogens (tertiary/aromatic N) is 4. The minimum absolute atomic E-state index is 0.0170. The average Bonchev–Trinajstić information content (AvgIpc) is 1.30. The lowest BCUT2D eigenvalue weighted by Gasteiger charge is -2.42. The van der Waals surface area contributed by atoms with E-state index >= 15 is 0 Å². The lowest BCUT2D eigenvalue weighted by Crippen LogP contribution is -2.63. The number of fused-ring (bicyclic) bond motifs is 13. The van der Waals surface area contributed by atoms with Gasteiger partial charge < -0.3 is 18.6 Å². The third-order valence-corrected chi connectivity index (χ3v) is 19.3. The van der Waals surface area contributed by atoms with Crippen LogP contribution >= 0.6 is 0 Å². The molecule has 4 nitrogen and oxygen atoms in total. The first-order valence-corrected chi connectivity index (χ1v) is 30.6. The number of aromatic nitrogens is 3. The molecule has 0 bridgehead atoms. The van der Waals surface area contributed by atoms with E-state index in [-0.39, 0.29) is 28.4 Å². The summed E-state index contributed by atoms with van der Waals surface area (Å²) < 4.78 is 34.5. The maximum Gasteiger partial charge on any atom is 0.247 e. The number of aryl methyl sites for hydroxylation is 1. The van der Waals surface area contributed by atoms with E-state index in [0.29, 0.717) is 5.56 Å². The van der Waals surface area contributed by atoms with Gasteiger partial charge in [0.15, 0.2) is 0 Å². The van der Waals surface area contributed by atoms with Gasteiger partial charge in [-0.3, -0.25) is 0 Å². The zero-order valence-electron chi connectivity index (χ0n) is 54.8. The summed E-state index contributed by atoms with van der Waals surface area (Å²) in [6.07, 6.45) is 0. The van der Waals surface area contributed by atoms with Crippen LogP contribution in [0.1, 0.15) is 140 Å². The number of anilines is 3. The Morgan fingerprint density at radius 3 is 1.58 bits per heavy atom. The van der Waals surface area contributed by atoms with Crippen molar-refractivity contribution in [3.63, 3.8) is 0 Å². The van der Waals surface area contributed by atoms with Gasteiger partial charge in [0.1, 0.15) is 0 Å². The minimum Gasteiger partial charge on any atom is -0.310 e. The fourth-order valence-corrected chi connectivity index (χ4v) is 14.7. The summed E-state index contributed by atoms with van der Waals surface area (Å²) in [5.74, 6) is 0. The summed E-state index contributed by atoms with van der Waals surface area (Å²) in [6, 6.07) is 72.8. The summed E-state index contributed by atoms with van der Waals surface area (Å²) in [7, 11) is 0. The Balaban J connectivity index is 0.998. The van der Waals surface area contributed by atoms with Crippen molar-refractivity contribution in [3.8, 4) is 17.1 Å². The molecule has 5 heterocycles. The zero-order chi connectivity index (χ0) is 61.7. The molecule has 420 valence electrons. The molecule has 0 atom stereocenters. The van der Waals surface area contributed by atoms with Crippen molar-refractivity contribution in [3.05, 3.63) is 233 Å². The van der Waals surface area contributed by atoms with Crippen LogP contribution in [0, 0.1) is 6.85 Å². The Kier molecular flexibility index (Phi) is 10.6. The highest BCUT2D eigenvalue weighted by Gasteiger charge is 2.46. The van der Waals surface area contributed by atoms with Crippen LogP contribution in [-0.2, 0) is 27.1 Å². The molecule has 15 rings (SSSR count). The van der Waals surface area contributed by atoms with E-state index in [9.17, 15) is 0 Å². The van der Waals surface area contributed by atoms with Crippen LogP contribution in [0.15, 0.2) is 194 Å². The van der Waals surface area contributed by atoms with E-state index in [0.717, 1.165) is 61.8 Å². The SMILES string of the molecule is [2H]C([2H])([2H])c1cc2c3c(c1)C(C)(C)c1cc4c(cc1B3c1cc(C(C)(C)C)cc3c5cc(C(C)(C)C)ccc5n-2c13)c1cc(C(C)(C)C)ccc1n4-c1cccc(N(c2ccc(C(C)(C)C)cc2)c2ccc3c(c2)c2ccccc2n3-c2ccccc2)c1. The van der Waals surface area contributed by atoms with E-state index < -0.39 is 12.3 Å². The smallest absolute Gasteiger partial charge is 0.247 e. The van der Waals surface area contributed by atoms with Crippen LogP contribution in [0.2, 0.25) is 0 Å². The highest BCUT2D eigenvalue weighted by molar-refractivity contribution is 6.99. The summed E-state index contributed by atoms with van der Waals surface area (Å²) in [6.45, 7) is 29.8. The molecule has 0 unspecified atom stereocenters. The molecule has 2 aliphatic rings. The second-order valence-corrected chi connectivity index (χ2v) is 29.4. The molecule has 0 spiro atoms. The Labute approximate surface area is 506 Å². The summed E-state index contributed by atoms with van der Waals surface area (Å²) >= 11 is 0. The van der Waals surface area contributed by atoms with Crippen molar-refractivity contribution in [2.75, 3.05) is 4.90 Å². The molecule has 3 aromatic heterocycles. The van der Waals surface area contributed by atoms with Crippen molar-refractivity contribution >= 4 is 106 Å². The van der Waals surface area contributed by atoms with Crippen molar-refractivity contribution < 1.29 is 4.11 Å². The highest BCUT2D eigenvalue weighted by Crippen LogP contribution is 2.47. The maximum absolute atomic E-state index is 9.08. The first-order chi connectivity index (χ1) is 41.6. The topological polar surface area (TPSA) is 18.0 Å². The first kappa shape index (κ1) is 49.8. The van der Waals surface area contributed by atoms with Crippen molar-refractivity contribution in [1.82, 2.24) is 13.7 Å². The minimum atomic E-state index is -2.34. The van der Waals surface area contributed by atoms with Gasteiger partial charge in [-0.25, -0.2) is 0 Å². The average molecular weight is 1110 g/mol. The van der Waals surface area contributed by atoms with Gasteiger partial charge in [0, 0.05) is 81.5 Å². The van der Waals surface area contributed by atoms with Gasteiger partial charge in [0.05, 0.1) is 27.6 Å². The molecule has 0 amide bonds. The van der Waals surface area contributed by atoms with Gasteiger partial charge in [0.2, 0.25) is 6.71 Å². The molecule has 0 N–H and O–H groups in total. The molecule has 5 heteroatoms. The van der Waals surface area contributed by atoms with Crippen LogP contribution in [0.25, 0.3) is 82.5 Å². The van der Waals surface area contributed by atoms with E-state index in [1.54, 1.807) is 0 Å². The molecule has 10 aromatic carbocycles. The van der Waals surface area contributed by atoms with E-state index in [4.69, 9.17) is 4.11 Å². The molecule has 2 aliphatic heterocycles. The molecule has 0 saturated carbocycles. The van der Waals surface area contributed by atoms with E-state index in [2.05, 4.69) is 298 Å². The van der Waals surface area contributed by atoms with Crippen LogP contribution in [0.5, 0.6) is 0 Å². The molecule has 0 aliphatic carbocycles. The lowest BCUT2D eigenvalue weighted by atomic mass is 9.30. The number of hydrogen-bond donors (Lipinski definition) is 0. The van der Waals surface area contributed by atoms with Gasteiger partial charge in [-0.2, -0.15) is 0 Å². The van der Waals surface area contributed by atoms with Gasteiger partial charge in [-0.05, 0) is 188 Å². The van der Waals surface area contributed by atoms with Crippen LogP contribution in [-0.4, -0.2) is 20.4 Å². The molecule has 13 aromatic rings. The van der Waals surface area contributed by atoms with Crippen LogP contribution < -0.4 is 21.3 Å². The molecule has 85 heavy (non-hydrogen) atoms. The van der Waals surface area contributed by atoms with Crippen molar-refractivity contribution in [2.45, 2.75) is 131 Å². The fourth-order valence-electron chi connectivity index (χ4n) is 14.7. The van der Waals surface area contributed by atoms with Gasteiger partial charge in [-0.15, -0.1) is 0 Å². The Bertz CT molecular complexity index is 5080. The highest BCUT2D eigenvalue weighted by atomic mass is 15.1. The second-order valence-electron chi connectivity index (χ2n) is 29.4. The number of rotatable bonds is 5. The monoisotopic (exact) mass is 1110 g/mol. The van der Waals surface area contributed by atoms with Crippen molar-refractivity contribution in [1.29, 1.82) is 0 Å². The molecule has 0 radical (unpaired) electrons. The normalized spacial score (nSPS) is 14.8. The van der Waals surface area contributed by atoms with Gasteiger partial charge in [0.25, 0.3) is 0 Å². The summed E-state index contributed by atoms with van der Waals surface area (Å²) in [5, 5.41) is 7.22. The predicted octanol–water partition coefficient (Wildman–Crippen LogP) is 19.4. The molecular weight excluding hydrogens is 1030 g/mol. The third kappa shape index (κ3) is 8.01. The van der Waals surface area contributed by atoms with Crippen LogP contribution in [0.4, 0.5) is 17.1 Å². The van der Waals surface area contributed by atoms with Crippen molar-refractivity contribution in [2.24, 2.45) is 0 Å². The zero-order valence-corrected chi connectivity index (χ0v) is 51.8.